The maximum Gasteiger partial charge on any atom is 0.122 e. The van der Waals surface area contributed by atoms with E-state index in [2.05, 4.69) is 6.07 Å². The first-order valence-corrected chi connectivity index (χ1v) is 5.76. The Morgan fingerprint density at radius 1 is 1.50 bits per heavy atom. The molecule has 88 valence electrons. The van der Waals surface area contributed by atoms with Crippen molar-refractivity contribution in [2.24, 2.45) is 11.7 Å². The Morgan fingerprint density at radius 3 is 3.00 bits per heavy atom. The van der Waals surface area contributed by atoms with Crippen molar-refractivity contribution in [3.05, 3.63) is 29.8 Å². The van der Waals surface area contributed by atoms with Gasteiger partial charge in [-0.15, -0.1) is 0 Å². The monoisotopic (exact) mass is 221 g/mol. The molecule has 0 radical (unpaired) electrons. The summed E-state index contributed by atoms with van der Waals surface area (Å²) < 4.78 is 10.7. The molecule has 16 heavy (non-hydrogen) atoms. The van der Waals surface area contributed by atoms with E-state index in [1.807, 2.05) is 18.2 Å². The van der Waals surface area contributed by atoms with Crippen LogP contribution in [0.15, 0.2) is 24.3 Å². The second-order valence-electron chi connectivity index (χ2n) is 4.30. The van der Waals surface area contributed by atoms with Crippen LogP contribution in [0.25, 0.3) is 0 Å². The molecular formula is C13H19NO2. The molecule has 0 bridgehead atoms. The van der Waals surface area contributed by atoms with Crippen molar-refractivity contribution in [2.45, 2.75) is 18.9 Å². The molecule has 1 aromatic rings. The fraction of sp³-hybridized carbons (Fsp3) is 0.538. The van der Waals surface area contributed by atoms with Crippen LogP contribution in [0.3, 0.4) is 0 Å². The van der Waals surface area contributed by atoms with Gasteiger partial charge in [-0.25, -0.2) is 0 Å². The van der Waals surface area contributed by atoms with Gasteiger partial charge in [0, 0.05) is 12.6 Å². The molecule has 0 saturated carbocycles. The fourth-order valence-corrected chi connectivity index (χ4v) is 2.18. The average molecular weight is 221 g/mol. The van der Waals surface area contributed by atoms with Crippen molar-refractivity contribution in [3.63, 3.8) is 0 Å². The number of nitrogens with two attached hydrogens (primary N) is 1. The van der Waals surface area contributed by atoms with E-state index in [0.717, 1.165) is 31.8 Å². The van der Waals surface area contributed by atoms with Crippen molar-refractivity contribution in [3.8, 4) is 5.75 Å². The molecule has 1 aliphatic heterocycles. The van der Waals surface area contributed by atoms with E-state index >= 15 is 0 Å². The van der Waals surface area contributed by atoms with Gasteiger partial charge in [0.05, 0.1) is 13.7 Å². The summed E-state index contributed by atoms with van der Waals surface area (Å²) in [6.45, 7) is 1.65. The summed E-state index contributed by atoms with van der Waals surface area (Å²) in [7, 11) is 1.70. The molecule has 2 atom stereocenters. The predicted molar refractivity (Wildman–Crippen MR) is 63.6 cm³/mol. The molecule has 0 spiro atoms. The summed E-state index contributed by atoms with van der Waals surface area (Å²) in [5.41, 5.74) is 7.38. The van der Waals surface area contributed by atoms with Gasteiger partial charge in [0.2, 0.25) is 0 Å². The van der Waals surface area contributed by atoms with Crippen LogP contribution in [0.2, 0.25) is 0 Å². The minimum Gasteiger partial charge on any atom is -0.496 e. The zero-order valence-corrected chi connectivity index (χ0v) is 9.69. The van der Waals surface area contributed by atoms with E-state index < -0.39 is 0 Å². The standard InChI is InChI=1S/C13H19NO2/c1-15-13-5-3-2-4-10(13)8-12(14)11-6-7-16-9-11/h2-5,11-12H,6-9,14H2,1H3. The molecule has 1 saturated heterocycles. The number of para-hydroxylation sites is 1. The lowest BCUT2D eigenvalue weighted by Gasteiger charge is -2.18. The third-order valence-electron chi connectivity index (χ3n) is 3.22. The Kier molecular flexibility index (Phi) is 3.80. The van der Waals surface area contributed by atoms with Gasteiger partial charge in [0.15, 0.2) is 0 Å². The summed E-state index contributed by atoms with van der Waals surface area (Å²) in [6.07, 6.45) is 1.94. The number of ether oxygens (including phenoxy) is 2. The molecule has 2 rings (SSSR count). The minimum atomic E-state index is 0.166. The molecule has 0 amide bonds. The van der Waals surface area contributed by atoms with Crippen molar-refractivity contribution >= 4 is 0 Å². The molecule has 1 aliphatic rings. The van der Waals surface area contributed by atoms with Crippen LogP contribution in [-0.2, 0) is 11.2 Å². The van der Waals surface area contributed by atoms with E-state index in [1.165, 1.54) is 5.56 Å². The number of benzene rings is 1. The lowest BCUT2D eigenvalue weighted by atomic mass is 9.93. The van der Waals surface area contributed by atoms with Crippen molar-refractivity contribution in [1.82, 2.24) is 0 Å². The van der Waals surface area contributed by atoms with E-state index in [9.17, 15) is 0 Å². The minimum absolute atomic E-state index is 0.166. The summed E-state index contributed by atoms with van der Waals surface area (Å²) in [5.74, 6) is 1.42. The predicted octanol–water partition coefficient (Wildman–Crippen LogP) is 1.60. The SMILES string of the molecule is COc1ccccc1CC(N)C1CCOC1. The van der Waals surface area contributed by atoms with Gasteiger partial charge in [-0.1, -0.05) is 18.2 Å². The van der Waals surface area contributed by atoms with Crippen LogP contribution in [-0.4, -0.2) is 26.4 Å². The average Bonchev–Trinajstić information content (AvgIpc) is 2.83. The van der Waals surface area contributed by atoms with Crippen LogP contribution in [0.5, 0.6) is 5.75 Å². The number of hydrogen-bond donors (Lipinski definition) is 1. The van der Waals surface area contributed by atoms with Gasteiger partial charge in [0.1, 0.15) is 5.75 Å². The van der Waals surface area contributed by atoms with E-state index in [4.69, 9.17) is 15.2 Å². The Balaban J connectivity index is 2.01. The van der Waals surface area contributed by atoms with Crippen LogP contribution < -0.4 is 10.5 Å². The molecule has 1 aromatic carbocycles. The third-order valence-corrected chi connectivity index (χ3v) is 3.22. The van der Waals surface area contributed by atoms with Crippen molar-refractivity contribution in [1.29, 1.82) is 0 Å². The van der Waals surface area contributed by atoms with E-state index in [1.54, 1.807) is 7.11 Å². The number of hydrogen-bond acceptors (Lipinski definition) is 3. The first-order chi connectivity index (χ1) is 7.81. The normalized spacial score (nSPS) is 22.0. The summed E-state index contributed by atoms with van der Waals surface area (Å²) in [4.78, 5) is 0. The van der Waals surface area contributed by atoms with Gasteiger partial charge < -0.3 is 15.2 Å². The molecule has 0 aliphatic carbocycles. The molecule has 2 N–H and O–H groups in total. The molecule has 1 heterocycles. The van der Waals surface area contributed by atoms with Gasteiger partial charge in [-0.05, 0) is 30.4 Å². The van der Waals surface area contributed by atoms with Gasteiger partial charge in [-0.2, -0.15) is 0 Å². The largest absolute Gasteiger partial charge is 0.496 e. The maximum absolute atomic E-state index is 6.20. The Labute approximate surface area is 96.5 Å². The second kappa shape index (κ2) is 5.32. The van der Waals surface area contributed by atoms with Crippen LogP contribution in [0.1, 0.15) is 12.0 Å². The Hall–Kier alpha value is -1.06. The van der Waals surface area contributed by atoms with E-state index in [0.29, 0.717) is 5.92 Å². The molecule has 1 fully saturated rings. The lowest BCUT2D eigenvalue weighted by Crippen LogP contribution is -2.32. The number of rotatable bonds is 4. The third kappa shape index (κ3) is 2.54. The first kappa shape index (κ1) is 11.4. The quantitative estimate of drug-likeness (QED) is 0.840. The maximum atomic E-state index is 6.20. The van der Waals surface area contributed by atoms with Gasteiger partial charge >= 0.3 is 0 Å². The zero-order chi connectivity index (χ0) is 11.4. The van der Waals surface area contributed by atoms with Gasteiger partial charge in [0.25, 0.3) is 0 Å². The second-order valence-corrected chi connectivity index (χ2v) is 4.30. The van der Waals surface area contributed by atoms with E-state index in [-0.39, 0.29) is 6.04 Å². The number of methoxy groups -OCH3 is 1. The molecule has 2 unspecified atom stereocenters. The summed E-state index contributed by atoms with van der Waals surface area (Å²) >= 11 is 0. The summed E-state index contributed by atoms with van der Waals surface area (Å²) in [5, 5.41) is 0. The summed E-state index contributed by atoms with van der Waals surface area (Å²) in [6, 6.07) is 8.23. The molecule has 0 aromatic heterocycles. The zero-order valence-electron chi connectivity index (χ0n) is 9.69. The highest BCUT2D eigenvalue weighted by Gasteiger charge is 2.23. The van der Waals surface area contributed by atoms with Crippen molar-refractivity contribution in [2.75, 3.05) is 20.3 Å². The van der Waals surface area contributed by atoms with Crippen LogP contribution >= 0.6 is 0 Å². The first-order valence-electron chi connectivity index (χ1n) is 5.76. The lowest BCUT2D eigenvalue weighted by molar-refractivity contribution is 0.180. The molecule has 3 nitrogen and oxygen atoms in total. The Morgan fingerprint density at radius 2 is 2.31 bits per heavy atom. The smallest absolute Gasteiger partial charge is 0.122 e. The highest BCUT2D eigenvalue weighted by atomic mass is 16.5. The van der Waals surface area contributed by atoms with Gasteiger partial charge in [-0.3, -0.25) is 0 Å². The topological polar surface area (TPSA) is 44.5 Å². The van der Waals surface area contributed by atoms with Crippen LogP contribution in [0.4, 0.5) is 0 Å². The Bertz CT molecular complexity index is 334. The molecule has 3 heteroatoms. The van der Waals surface area contributed by atoms with Crippen LogP contribution in [0, 0.1) is 5.92 Å². The fourth-order valence-electron chi connectivity index (χ4n) is 2.18. The molecular weight excluding hydrogens is 202 g/mol. The highest BCUT2D eigenvalue weighted by molar-refractivity contribution is 5.33. The van der Waals surface area contributed by atoms with Crippen molar-refractivity contribution < 1.29 is 9.47 Å². The highest BCUT2D eigenvalue weighted by Crippen LogP contribution is 2.23.